The van der Waals surface area contributed by atoms with Gasteiger partial charge in [-0.3, -0.25) is 15.6 Å². The molecule has 1 aromatic carbocycles. The number of carbonyl (C=O) groups excluding carboxylic acids is 1. The van der Waals surface area contributed by atoms with Crippen LogP contribution in [0.4, 0.5) is 0 Å². The summed E-state index contributed by atoms with van der Waals surface area (Å²) in [6, 6.07) is 3.39. The summed E-state index contributed by atoms with van der Waals surface area (Å²) in [6.07, 6.45) is 3.51. The SMILES string of the molecule is COc1cc(C(=O)NNC(=S)N[C@H]2CCC[C@H](C)[C@H]2C)cc(Cl)c1OC. The highest BCUT2D eigenvalue weighted by atomic mass is 35.5. The number of ether oxygens (including phenoxy) is 2. The largest absolute Gasteiger partial charge is 0.493 e. The molecular weight excluding hydrogens is 374 g/mol. The minimum Gasteiger partial charge on any atom is -0.493 e. The number of halogens is 1. The number of benzene rings is 1. The summed E-state index contributed by atoms with van der Waals surface area (Å²) >= 11 is 11.4. The lowest BCUT2D eigenvalue weighted by Gasteiger charge is -2.35. The fraction of sp³-hybridized carbons (Fsp3) is 0.556. The second kappa shape index (κ2) is 9.28. The summed E-state index contributed by atoms with van der Waals surface area (Å²) in [4.78, 5) is 12.4. The minimum absolute atomic E-state index is 0.294. The first kappa shape index (κ1) is 20.6. The van der Waals surface area contributed by atoms with Crippen molar-refractivity contribution < 1.29 is 14.3 Å². The van der Waals surface area contributed by atoms with Gasteiger partial charge in [0, 0.05) is 11.6 Å². The number of hydrazine groups is 1. The summed E-state index contributed by atoms with van der Waals surface area (Å²) in [7, 11) is 2.97. The first-order valence-corrected chi connectivity index (χ1v) is 9.44. The summed E-state index contributed by atoms with van der Waals surface area (Å²) in [5, 5.41) is 3.99. The standard InChI is InChI=1S/C18H26ClN3O3S/c1-10-6-5-7-14(11(10)2)20-18(26)22-21-17(23)12-8-13(19)16(25-4)15(9-12)24-3/h8-11,14H,5-7H2,1-4H3,(H,21,23)(H2,20,22,26)/t10-,11+,14-/m0/s1. The van der Waals surface area contributed by atoms with Crippen molar-refractivity contribution in [2.45, 2.75) is 39.2 Å². The second-order valence-corrected chi connectivity index (χ2v) is 7.44. The van der Waals surface area contributed by atoms with E-state index in [9.17, 15) is 4.79 Å². The fourth-order valence-corrected chi connectivity index (χ4v) is 3.72. The minimum atomic E-state index is -0.373. The van der Waals surface area contributed by atoms with Gasteiger partial charge in [-0.15, -0.1) is 0 Å². The summed E-state index contributed by atoms with van der Waals surface area (Å²) in [6.45, 7) is 4.49. The van der Waals surface area contributed by atoms with E-state index in [-0.39, 0.29) is 5.91 Å². The van der Waals surface area contributed by atoms with Gasteiger partial charge in [0.2, 0.25) is 0 Å². The van der Waals surface area contributed by atoms with Gasteiger partial charge in [0.05, 0.1) is 19.2 Å². The predicted molar refractivity (Wildman–Crippen MR) is 107 cm³/mol. The molecule has 1 amide bonds. The molecule has 8 heteroatoms. The van der Waals surface area contributed by atoms with E-state index >= 15 is 0 Å². The van der Waals surface area contributed by atoms with Crippen molar-refractivity contribution in [2.75, 3.05) is 14.2 Å². The smallest absolute Gasteiger partial charge is 0.269 e. The molecule has 0 aromatic heterocycles. The first-order chi connectivity index (χ1) is 12.4. The van der Waals surface area contributed by atoms with Crippen LogP contribution in [-0.2, 0) is 0 Å². The molecule has 0 aliphatic heterocycles. The molecule has 1 saturated carbocycles. The second-order valence-electron chi connectivity index (χ2n) is 6.62. The Morgan fingerprint density at radius 2 is 1.92 bits per heavy atom. The van der Waals surface area contributed by atoms with E-state index in [0.29, 0.717) is 45.1 Å². The Kier molecular flexibility index (Phi) is 7.34. The van der Waals surface area contributed by atoms with Gasteiger partial charge in [0.1, 0.15) is 0 Å². The zero-order valence-electron chi connectivity index (χ0n) is 15.5. The van der Waals surface area contributed by atoms with Crippen molar-refractivity contribution in [2.24, 2.45) is 11.8 Å². The van der Waals surface area contributed by atoms with Crippen LogP contribution >= 0.6 is 23.8 Å². The van der Waals surface area contributed by atoms with E-state index in [1.165, 1.54) is 33.1 Å². The maximum Gasteiger partial charge on any atom is 0.269 e. The number of thiocarbonyl (C=S) groups is 1. The number of hydrogen-bond donors (Lipinski definition) is 3. The Balaban J connectivity index is 1.94. The molecule has 0 radical (unpaired) electrons. The molecule has 0 saturated heterocycles. The van der Waals surface area contributed by atoms with E-state index in [1.54, 1.807) is 6.07 Å². The number of carbonyl (C=O) groups is 1. The molecule has 3 N–H and O–H groups in total. The van der Waals surface area contributed by atoms with Crippen LogP contribution in [0, 0.1) is 11.8 Å². The van der Waals surface area contributed by atoms with Crippen LogP contribution in [0.5, 0.6) is 11.5 Å². The van der Waals surface area contributed by atoms with E-state index in [2.05, 4.69) is 30.0 Å². The van der Waals surface area contributed by atoms with Gasteiger partial charge >= 0.3 is 0 Å². The molecule has 144 valence electrons. The van der Waals surface area contributed by atoms with Gasteiger partial charge in [-0.25, -0.2) is 0 Å². The van der Waals surface area contributed by atoms with Crippen LogP contribution in [0.1, 0.15) is 43.5 Å². The number of rotatable bonds is 4. The van der Waals surface area contributed by atoms with Crippen LogP contribution in [0.2, 0.25) is 5.02 Å². The molecule has 0 heterocycles. The highest BCUT2D eigenvalue weighted by Gasteiger charge is 2.27. The molecule has 1 aliphatic rings. The van der Waals surface area contributed by atoms with Crippen LogP contribution < -0.4 is 25.6 Å². The van der Waals surface area contributed by atoms with Crippen LogP contribution in [-0.4, -0.2) is 31.3 Å². The molecule has 0 spiro atoms. The van der Waals surface area contributed by atoms with Gasteiger partial charge in [-0.05, 0) is 42.6 Å². The van der Waals surface area contributed by atoms with Crippen LogP contribution in [0.3, 0.4) is 0 Å². The average molecular weight is 400 g/mol. The average Bonchev–Trinajstić information content (AvgIpc) is 2.62. The lowest BCUT2D eigenvalue weighted by Crippen LogP contribution is -2.52. The molecule has 1 aromatic rings. The highest BCUT2D eigenvalue weighted by Crippen LogP contribution is 2.36. The molecule has 2 rings (SSSR count). The van der Waals surface area contributed by atoms with Gasteiger partial charge < -0.3 is 14.8 Å². The number of nitrogens with one attached hydrogen (secondary N) is 3. The number of methoxy groups -OCH3 is 2. The van der Waals surface area contributed by atoms with E-state index in [1.807, 2.05) is 0 Å². The monoisotopic (exact) mass is 399 g/mol. The summed E-state index contributed by atoms with van der Waals surface area (Å²) in [5.74, 6) is 1.59. The molecule has 3 atom stereocenters. The maximum absolute atomic E-state index is 12.4. The molecular formula is C18H26ClN3O3S. The Morgan fingerprint density at radius 3 is 2.58 bits per heavy atom. The zero-order valence-corrected chi connectivity index (χ0v) is 17.1. The van der Waals surface area contributed by atoms with Crippen molar-refractivity contribution >= 4 is 34.8 Å². The lowest BCUT2D eigenvalue weighted by atomic mass is 9.78. The fourth-order valence-electron chi connectivity index (χ4n) is 3.22. The number of amides is 1. The van der Waals surface area contributed by atoms with Gasteiger partial charge in [-0.1, -0.05) is 38.3 Å². The Hall–Kier alpha value is -1.73. The lowest BCUT2D eigenvalue weighted by molar-refractivity contribution is 0.0942. The topological polar surface area (TPSA) is 71.6 Å². The van der Waals surface area contributed by atoms with E-state index in [4.69, 9.17) is 33.3 Å². The van der Waals surface area contributed by atoms with E-state index in [0.717, 1.165) is 6.42 Å². The summed E-state index contributed by atoms with van der Waals surface area (Å²) in [5.41, 5.74) is 5.67. The van der Waals surface area contributed by atoms with Crippen LogP contribution in [0.25, 0.3) is 0 Å². The van der Waals surface area contributed by atoms with Crippen molar-refractivity contribution in [3.63, 3.8) is 0 Å². The van der Waals surface area contributed by atoms with Crippen molar-refractivity contribution in [3.05, 3.63) is 22.7 Å². The molecule has 26 heavy (non-hydrogen) atoms. The van der Waals surface area contributed by atoms with Crippen molar-refractivity contribution in [1.82, 2.24) is 16.2 Å². The highest BCUT2D eigenvalue weighted by molar-refractivity contribution is 7.80. The number of hydrogen-bond acceptors (Lipinski definition) is 4. The third-order valence-corrected chi connectivity index (χ3v) is 5.51. The molecule has 0 bridgehead atoms. The first-order valence-electron chi connectivity index (χ1n) is 8.65. The quantitative estimate of drug-likeness (QED) is 0.533. The van der Waals surface area contributed by atoms with Crippen molar-refractivity contribution in [3.8, 4) is 11.5 Å². The van der Waals surface area contributed by atoms with Gasteiger partial charge in [-0.2, -0.15) is 0 Å². The van der Waals surface area contributed by atoms with Gasteiger partial charge in [0.15, 0.2) is 16.6 Å². The molecule has 1 aliphatic carbocycles. The summed E-state index contributed by atoms with van der Waals surface area (Å²) < 4.78 is 10.4. The normalized spacial score (nSPS) is 22.3. The van der Waals surface area contributed by atoms with Gasteiger partial charge in [0.25, 0.3) is 5.91 Å². The zero-order chi connectivity index (χ0) is 19.3. The Morgan fingerprint density at radius 1 is 1.19 bits per heavy atom. The Bertz CT molecular complexity index is 671. The third-order valence-electron chi connectivity index (χ3n) is 5.01. The van der Waals surface area contributed by atoms with E-state index < -0.39 is 0 Å². The molecule has 0 unspecified atom stereocenters. The van der Waals surface area contributed by atoms with Crippen molar-refractivity contribution in [1.29, 1.82) is 0 Å². The third kappa shape index (κ3) is 4.92. The molecule has 1 fully saturated rings. The predicted octanol–water partition coefficient (Wildman–Crippen LogP) is 3.29. The Labute approximate surface area is 164 Å². The van der Waals surface area contributed by atoms with Crippen LogP contribution in [0.15, 0.2) is 12.1 Å². The molecule has 6 nitrogen and oxygen atoms in total. The maximum atomic E-state index is 12.4.